The average molecular weight is 576 g/mol. The summed E-state index contributed by atoms with van der Waals surface area (Å²) in [5, 5.41) is 0. The van der Waals surface area contributed by atoms with Crippen molar-refractivity contribution in [3.05, 3.63) is 46.8 Å². The number of benzene rings is 2. The van der Waals surface area contributed by atoms with Gasteiger partial charge >= 0.3 is 5.97 Å². The molecule has 208 valence electrons. The number of carbonyl (C=O) groups excluding carboxylic acids is 2. The lowest BCUT2D eigenvalue weighted by molar-refractivity contribution is -0.140. The van der Waals surface area contributed by atoms with E-state index in [1.807, 2.05) is 26.0 Å². The van der Waals surface area contributed by atoms with Crippen LogP contribution in [0.15, 0.2) is 46.3 Å². The highest BCUT2D eigenvalue weighted by Crippen LogP contribution is 2.35. The first-order valence-corrected chi connectivity index (χ1v) is 14.8. The highest BCUT2D eigenvalue weighted by molar-refractivity contribution is 7.89. The van der Waals surface area contributed by atoms with Crippen molar-refractivity contribution in [2.24, 2.45) is 4.99 Å². The summed E-state index contributed by atoms with van der Waals surface area (Å²) in [6.07, 6.45) is -0.332. The molecule has 39 heavy (non-hydrogen) atoms. The number of thiazole rings is 1. The Morgan fingerprint density at radius 2 is 1.69 bits per heavy atom. The molecule has 0 bridgehead atoms. The molecule has 2 aliphatic heterocycles. The summed E-state index contributed by atoms with van der Waals surface area (Å²) in [7, 11) is -2.42. The van der Waals surface area contributed by atoms with E-state index in [2.05, 4.69) is 4.99 Å². The number of morpholine rings is 1. The average Bonchev–Trinajstić information content (AvgIpc) is 3.25. The van der Waals surface area contributed by atoms with Crippen LogP contribution in [-0.4, -0.2) is 74.8 Å². The Kier molecular flexibility index (Phi) is 7.76. The normalized spacial score (nSPS) is 20.2. The maximum Gasteiger partial charge on any atom is 0.307 e. The fourth-order valence-corrected chi connectivity index (χ4v) is 7.27. The smallest absolute Gasteiger partial charge is 0.307 e. The van der Waals surface area contributed by atoms with Crippen LogP contribution in [0.3, 0.4) is 0 Å². The number of hydrogen-bond acceptors (Lipinski definition) is 9. The highest BCUT2D eigenvalue weighted by atomic mass is 32.2. The van der Waals surface area contributed by atoms with E-state index in [1.165, 1.54) is 47.0 Å². The summed E-state index contributed by atoms with van der Waals surface area (Å²) in [6.45, 7) is 5.31. The van der Waals surface area contributed by atoms with E-state index in [9.17, 15) is 18.0 Å². The molecule has 13 heteroatoms. The number of hydrogen-bond donors (Lipinski definition) is 0. The third-order valence-electron chi connectivity index (χ3n) is 6.44. The van der Waals surface area contributed by atoms with Crippen molar-refractivity contribution in [1.82, 2.24) is 8.87 Å². The van der Waals surface area contributed by atoms with Crippen LogP contribution in [0.5, 0.6) is 11.5 Å². The van der Waals surface area contributed by atoms with Gasteiger partial charge in [0, 0.05) is 37.3 Å². The number of aryl methyl sites for hydroxylation is 1. The first-order valence-electron chi connectivity index (χ1n) is 12.5. The minimum atomic E-state index is -3.74. The molecule has 2 unspecified atom stereocenters. The lowest BCUT2D eigenvalue weighted by Gasteiger charge is -2.34. The third-order valence-corrected chi connectivity index (χ3v) is 9.32. The van der Waals surface area contributed by atoms with Crippen molar-refractivity contribution in [3.63, 3.8) is 0 Å². The van der Waals surface area contributed by atoms with Gasteiger partial charge in [0.1, 0.15) is 13.2 Å². The van der Waals surface area contributed by atoms with Crippen LogP contribution in [0.1, 0.15) is 30.6 Å². The summed E-state index contributed by atoms with van der Waals surface area (Å²) in [6, 6.07) is 9.40. The number of ether oxygens (including phenoxy) is 4. The predicted octanol–water partition coefficient (Wildman–Crippen LogP) is 2.58. The number of methoxy groups -OCH3 is 1. The fraction of sp³-hybridized carbons (Fsp3) is 0.423. The van der Waals surface area contributed by atoms with Crippen LogP contribution >= 0.6 is 11.3 Å². The van der Waals surface area contributed by atoms with Crippen LogP contribution in [0.4, 0.5) is 0 Å². The summed E-state index contributed by atoms with van der Waals surface area (Å²) in [5.74, 6) is 0.256. The minimum Gasteiger partial charge on any atom is -0.486 e. The number of sulfonamides is 1. The third kappa shape index (κ3) is 5.71. The molecular formula is C26H29N3O8S2. The van der Waals surface area contributed by atoms with Gasteiger partial charge in [0.15, 0.2) is 16.3 Å². The van der Waals surface area contributed by atoms with E-state index in [0.717, 1.165) is 10.2 Å². The highest BCUT2D eigenvalue weighted by Gasteiger charge is 2.32. The summed E-state index contributed by atoms with van der Waals surface area (Å²) in [4.78, 5) is 29.8. The molecule has 2 atom stereocenters. The molecule has 2 aliphatic rings. The van der Waals surface area contributed by atoms with E-state index < -0.39 is 21.9 Å². The molecule has 0 N–H and O–H groups in total. The molecule has 1 aromatic heterocycles. The maximum atomic E-state index is 13.2. The first-order chi connectivity index (χ1) is 18.7. The van der Waals surface area contributed by atoms with E-state index >= 15 is 0 Å². The van der Waals surface area contributed by atoms with E-state index in [-0.39, 0.29) is 48.7 Å². The van der Waals surface area contributed by atoms with Crippen LogP contribution < -0.4 is 14.3 Å². The molecule has 3 heterocycles. The zero-order valence-corrected chi connectivity index (χ0v) is 23.4. The number of esters is 1. The van der Waals surface area contributed by atoms with Gasteiger partial charge in [0.2, 0.25) is 10.0 Å². The van der Waals surface area contributed by atoms with Crippen molar-refractivity contribution in [2.45, 2.75) is 43.9 Å². The summed E-state index contributed by atoms with van der Waals surface area (Å²) in [5.41, 5.74) is 0.982. The van der Waals surface area contributed by atoms with Gasteiger partial charge < -0.3 is 23.5 Å². The molecule has 1 saturated heterocycles. The molecule has 0 spiro atoms. The lowest BCUT2D eigenvalue weighted by Crippen LogP contribution is -2.48. The zero-order valence-electron chi connectivity index (χ0n) is 21.8. The van der Waals surface area contributed by atoms with Gasteiger partial charge in [0.25, 0.3) is 5.91 Å². The number of aromatic nitrogens is 1. The molecule has 1 amide bonds. The molecule has 0 saturated carbocycles. The quantitative estimate of drug-likeness (QED) is 0.411. The van der Waals surface area contributed by atoms with Gasteiger partial charge in [-0.3, -0.25) is 9.59 Å². The Morgan fingerprint density at radius 3 is 2.33 bits per heavy atom. The molecule has 11 nitrogen and oxygen atoms in total. The van der Waals surface area contributed by atoms with Gasteiger partial charge in [-0.1, -0.05) is 11.3 Å². The van der Waals surface area contributed by atoms with Crippen molar-refractivity contribution in [3.8, 4) is 11.5 Å². The van der Waals surface area contributed by atoms with Crippen molar-refractivity contribution >= 4 is 43.5 Å². The van der Waals surface area contributed by atoms with Crippen molar-refractivity contribution < 1.29 is 37.0 Å². The van der Waals surface area contributed by atoms with Gasteiger partial charge in [-0.05, 0) is 38.1 Å². The molecule has 5 rings (SSSR count). The molecule has 3 aromatic rings. The van der Waals surface area contributed by atoms with Crippen LogP contribution in [0.2, 0.25) is 0 Å². The largest absolute Gasteiger partial charge is 0.486 e. The fourth-order valence-electron chi connectivity index (χ4n) is 4.61. The molecular weight excluding hydrogens is 546 g/mol. The Bertz CT molecular complexity index is 1570. The molecule has 2 aromatic carbocycles. The minimum absolute atomic E-state index is 0.0868. The number of fused-ring (bicyclic) bond motifs is 2. The number of amides is 1. The van der Waals surface area contributed by atoms with Crippen molar-refractivity contribution in [1.29, 1.82) is 0 Å². The topological polar surface area (TPSA) is 126 Å². The Labute approximate surface area is 229 Å². The standard InChI is InChI=1S/C26H29N3O8S2/c1-16-14-28(15-17(2)37-16)39(32,33)19-6-4-18(5-7-19)25(31)27-26-29(9-8-24(30)34-3)20-12-21-22(13-23(20)38-26)36-11-10-35-21/h4-7,12-13,16-17H,8-11,14-15H2,1-3H3. The van der Waals surface area contributed by atoms with Crippen LogP contribution in [0.25, 0.3) is 10.2 Å². The summed E-state index contributed by atoms with van der Waals surface area (Å²) < 4.78 is 52.1. The van der Waals surface area contributed by atoms with Crippen molar-refractivity contribution in [2.75, 3.05) is 33.4 Å². The Hall–Kier alpha value is -3.26. The first kappa shape index (κ1) is 27.3. The second-order valence-corrected chi connectivity index (χ2v) is 12.3. The molecule has 0 radical (unpaired) electrons. The SMILES string of the molecule is COC(=O)CCn1c(=NC(=O)c2ccc(S(=O)(=O)N3CC(C)OC(C)C3)cc2)sc2cc3c(cc21)OCCO3. The van der Waals surface area contributed by atoms with Gasteiger partial charge in [-0.15, -0.1) is 0 Å². The van der Waals surface area contributed by atoms with Gasteiger partial charge in [-0.2, -0.15) is 9.30 Å². The molecule has 1 fully saturated rings. The zero-order chi connectivity index (χ0) is 27.7. The number of carbonyl (C=O) groups is 2. The predicted molar refractivity (Wildman–Crippen MR) is 143 cm³/mol. The van der Waals surface area contributed by atoms with Crippen LogP contribution in [0, 0.1) is 0 Å². The molecule has 0 aliphatic carbocycles. The monoisotopic (exact) mass is 575 g/mol. The number of nitrogens with zero attached hydrogens (tertiary/aromatic N) is 3. The van der Waals surface area contributed by atoms with E-state index in [1.54, 1.807) is 4.57 Å². The Balaban J connectivity index is 1.46. The number of rotatable bonds is 6. The van der Waals surface area contributed by atoms with Crippen LogP contribution in [-0.2, 0) is 30.8 Å². The van der Waals surface area contributed by atoms with Gasteiger partial charge in [0.05, 0.1) is 40.9 Å². The second-order valence-electron chi connectivity index (χ2n) is 9.35. The van der Waals surface area contributed by atoms with E-state index in [4.69, 9.17) is 18.9 Å². The summed E-state index contributed by atoms with van der Waals surface area (Å²) >= 11 is 1.28. The Morgan fingerprint density at radius 1 is 1.05 bits per heavy atom. The second kappa shape index (κ2) is 11.1. The lowest BCUT2D eigenvalue weighted by atomic mass is 10.2. The van der Waals surface area contributed by atoms with E-state index in [0.29, 0.717) is 29.5 Å². The van der Waals surface area contributed by atoms with Gasteiger partial charge in [-0.25, -0.2) is 8.42 Å². The maximum absolute atomic E-state index is 13.2.